The first kappa shape index (κ1) is 11.6. The first-order valence-electron chi connectivity index (χ1n) is 5.57. The van der Waals surface area contributed by atoms with E-state index in [1.54, 1.807) is 0 Å². The molecule has 1 aliphatic rings. The summed E-state index contributed by atoms with van der Waals surface area (Å²) >= 11 is 0. The number of nitrogens with zero attached hydrogens (tertiary/aromatic N) is 1. The van der Waals surface area contributed by atoms with Gasteiger partial charge in [-0.15, -0.1) is 0 Å². The largest absolute Gasteiger partial charge is 0.492 e. The third-order valence-corrected chi connectivity index (χ3v) is 2.79. The Balaban J connectivity index is 2.40. The molecule has 0 N–H and O–H groups in total. The van der Waals surface area contributed by atoms with Gasteiger partial charge < -0.3 is 9.57 Å². The van der Waals surface area contributed by atoms with Crippen molar-refractivity contribution in [3.63, 3.8) is 0 Å². The Labute approximate surface area is 100 Å². The Bertz CT molecular complexity index is 492. The maximum atomic E-state index is 10.8. The van der Waals surface area contributed by atoms with Gasteiger partial charge in [-0.3, -0.25) is 0 Å². The number of aryl methyl sites for hydroxylation is 2. The van der Waals surface area contributed by atoms with E-state index in [0.29, 0.717) is 13.0 Å². The molecule has 0 atom stereocenters. The molecule has 0 bridgehead atoms. The standard InChI is InChI=1S/C13H15NO3/c1-8-6-11-12(14-17-10(3)15)4-5-16-13(11)7-9(8)2/h6-7H,4-5H2,1-3H3/b14-12+. The summed E-state index contributed by atoms with van der Waals surface area (Å²) in [5, 5.41) is 3.88. The molecule has 2 rings (SSSR count). The van der Waals surface area contributed by atoms with E-state index in [0.717, 1.165) is 17.0 Å². The second kappa shape index (κ2) is 4.57. The second-order valence-corrected chi connectivity index (χ2v) is 4.15. The van der Waals surface area contributed by atoms with Crippen molar-refractivity contribution >= 4 is 11.7 Å². The highest BCUT2D eigenvalue weighted by atomic mass is 16.7. The van der Waals surface area contributed by atoms with Crippen LogP contribution in [0.1, 0.15) is 30.0 Å². The lowest BCUT2D eigenvalue weighted by molar-refractivity contribution is -0.140. The quantitative estimate of drug-likeness (QED) is 0.552. The number of hydrogen-bond acceptors (Lipinski definition) is 4. The summed E-state index contributed by atoms with van der Waals surface area (Å²) < 4.78 is 5.58. The van der Waals surface area contributed by atoms with E-state index in [1.165, 1.54) is 18.1 Å². The number of oxime groups is 1. The van der Waals surface area contributed by atoms with Crippen LogP contribution in [0.4, 0.5) is 0 Å². The molecule has 0 saturated heterocycles. The fourth-order valence-electron chi connectivity index (χ4n) is 1.74. The first-order chi connectivity index (χ1) is 8.08. The number of hydrogen-bond donors (Lipinski definition) is 0. The molecule has 0 amide bonds. The number of rotatable bonds is 1. The third-order valence-electron chi connectivity index (χ3n) is 2.79. The molecule has 0 saturated carbocycles. The average Bonchev–Trinajstić information content (AvgIpc) is 2.28. The van der Waals surface area contributed by atoms with E-state index in [9.17, 15) is 4.79 Å². The van der Waals surface area contributed by atoms with Gasteiger partial charge in [0.05, 0.1) is 12.3 Å². The van der Waals surface area contributed by atoms with Gasteiger partial charge in [0, 0.05) is 18.9 Å². The Morgan fingerprint density at radius 1 is 1.35 bits per heavy atom. The van der Waals surface area contributed by atoms with Crippen molar-refractivity contribution in [2.45, 2.75) is 27.2 Å². The Morgan fingerprint density at radius 3 is 2.76 bits per heavy atom. The van der Waals surface area contributed by atoms with Crippen LogP contribution in [0.25, 0.3) is 0 Å². The predicted octanol–water partition coefficient (Wildman–Crippen LogP) is 2.35. The summed E-state index contributed by atoms with van der Waals surface area (Å²) in [6, 6.07) is 4.01. The van der Waals surface area contributed by atoms with Crippen molar-refractivity contribution in [2.75, 3.05) is 6.61 Å². The van der Waals surface area contributed by atoms with Gasteiger partial charge in [-0.25, -0.2) is 4.79 Å². The zero-order valence-electron chi connectivity index (χ0n) is 10.2. The van der Waals surface area contributed by atoms with Gasteiger partial charge in [-0.1, -0.05) is 5.16 Å². The van der Waals surface area contributed by atoms with Gasteiger partial charge >= 0.3 is 5.97 Å². The fourth-order valence-corrected chi connectivity index (χ4v) is 1.74. The van der Waals surface area contributed by atoms with Crippen LogP contribution in [0.15, 0.2) is 17.3 Å². The minimum atomic E-state index is -0.408. The van der Waals surface area contributed by atoms with Crippen LogP contribution in [-0.4, -0.2) is 18.3 Å². The molecule has 0 aliphatic carbocycles. The highest BCUT2D eigenvalue weighted by molar-refractivity contribution is 6.03. The molecule has 0 fully saturated rings. The van der Waals surface area contributed by atoms with Crippen molar-refractivity contribution in [3.8, 4) is 5.75 Å². The zero-order valence-corrected chi connectivity index (χ0v) is 10.2. The van der Waals surface area contributed by atoms with Crippen molar-refractivity contribution < 1.29 is 14.4 Å². The van der Waals surface area contributed by atoms with Crippen LogP contribution >= 0.6 is 0 Å². The van der Waals surface area contributed by atoms with Crippen LogP contribution in [0.2, 0.25) is 0 Å². The molecule has 17 heavy (non-hydrogen) atoms. The summed E-state index contributed by atoms with van der Waals surface area (Å²) in [5.74, 6) is 0.402. The van der Waals surface area contributed by atoms with E-state index in [4.69, 9.17) is 9.57 Å². The average molecular weight is 233 g/mol. The number of carbonyl (C=O) groups excluding carboxylic acids is 1. The molecular weight excluding hydrogens is 218 g/mol. The molecule has 4 nitrogen and oxygen atoms in total. The second-order valence-electron chi connectivity index (χ2n) is 4.15. The molecule has 4 heteroatoms. The summed E-state index contributed by atoms with van der Waals surface area (Å²) in [4.78, 5) is 15.5. The Kier molecular flexibility index (Phi) is 3.13. The molecule has 0 unspecified atom stereocenters. The molecule has 0 spiro atoms. The topological polar surface area (TPSA) is 47.9 Å². The van der Waals surface area contributed by atoms with Gasteiger partial charge in [0.15, 0.2) is 0 Å². The highest BCUT2D eigenvalue weighted by Crippen LogP contribution is 2.28. The van der Waals surface area contributed by atoms with E-state index in [1.807, 2.05) is 26.0 Å². The molecule has 1 aliphatic heterocycles. The summed E-state index contributed by atoms with van der Waals surface area (Å²) in [7, 11) is 0. The van der Waals surface area contributed by atoms with Gasteiger partial charge in [0.25, 0.3) is 0 Å². The lowest BCUT2D eigenvalue weighted by Crippen LogP contribution is -2.17. The fraction of sp³-hybridized carbons (Fsp3) is 0.385. The van der Waals surface area contributed by atoms with Crippen LogP contribution in [0, 0.1) is 13.8 Å². The zero-order chi connectivity index (χ0) is 12.4. The van der Waals surface area contributed by atoms with E-state index in [-0.39, 0.29) is 0 Å². The van der Waals surface area contributed by atoms with Crippen molar-refractivity contribution in [1.82, 2.24) is 0 Å². The monoisotopic (exact) mass is 233 g/mol. The van der Waals surface area contributed by atoms with Gasteiger partial charge in [0.2, 0.25) is 0 Å². The predicted molar refractivity (Wildman–Crippen MR) is 64.3 cm³/mol. The van der Waals surface area contributed by atoms with Crippen LogP contribution in [-0.2, 0) is 9.63 Å². The SMILES string of the molecule is CC(=O)O/N=C1\CCOc2cc(C)c(C)cc21. The smallest absolute Gasteiger partial charge is 0.331 e. The van der Waals surface area contributed by atoms with Crippen LogP contribution < -0.4 is 4.74 Å². The lowest BCUT2D eigenvalue weighted by atomic mass is 9.99. The number of benzene rings is 1. The molecule has 0 aromatic heterocycles. The van der Waals surface area contributed by atoms with Gasteiger partial charge in [0.1, 0.15) is 5.75 Å². The number of ether oxygens (including phenoxy) is 1. The molecule has 0 radical (unpaired) electrons. The summed E-state index contributed by atoms with van der Waals surface area (Å²) in [6.07, 6.45) is 0.656. The normalized spacial score (nSPS) is 16.3. The van der Waals surface area contributed by atoms with E-state index in [2.05, 4.69) is 5.16 Å². The number of fused-ring (bicyclic) bond motifs is 1. The number of carbonyl (C=O) groups is 1. The molecular formula is C13H15NO3. The summed E-state index contributed by atoms with van der Waals surface area (Å²) in [5.41, 5.74) is 4.03. The van der Waals surface area contributed by atoms with Crippen LogP contribution in [0.3, 0.4) is 0 Å². The highest BCUT2D eigenvalue weighted by Gasteiger charge is 2.18. The minimum absolute atomic E-state index is 0.408. The van der Waals surface area contributed by atoms with Gasteiger partial charge in [-0.05, 0) is 37.1 Å². The Hall–Kier alpha value is -1.84. The summed E-state index contributed by atoms with van der Waals surface area (Å²) in [6.45, 7) is 5.98. The van der Waals surface area contributed by atoms with E-state index >= 15 is 0 Å². The first-order valence-corrected chi connectivity index (χ1v) is 5.57. The molecule has 1 aromatic carbocycles. The minimum Gasteiger partial charge on any atom is -0.492 e. The molecule has 90 valence electrons. The third kappa shape index (κ3) is 2.46. The Morgan fingerprint density at radius 2 is 2.06 bits per heavy atom. The maximum absolute atomic E-state index is 10.8. The van der Waals surface area contributed by atoms with Crippen molar-refractivity contribution in [1.29, 1.82) is 0 Å². The molecule has 1 aromatic rings. The van der Waals surface area contributed by atoms with Crippen molar-refractivity contribution in [2.24, 2.45) is 5.16 Å². The molecule has 1 heterocycles. The van der Waals surface area contributed by atoms with E-state index < -0.39 is 5.97 Å². The maximum Gasteiger partial charge on any atom is 0.331 e. The van der Waals surface area contributed by atoms with Crippen LogP contribution in [0.5, 0.6) is 5.75 Å². The van der Waals surface area contributed by atoms with Gasteiger partial charge in [-0.2, -0.15) is 0 Å². The van der Waals surface area contributed by atoms with Crippen molar-refractivity contribution in [3.05, 3.63) is 28.8 Å². The lowest BCUT2D eigenvalue weighted by Gasteiger charge is -2.20.